The van der Waals surface area contributed by atoms with Crippen molar-refractivity contribution in [3.63, 3.8) is 0 Å². The Kier molecular flexibility index (Phi) is 3.95. The summed E-state index contributed by atoms with van der Waals surface area (Å²) in [7, 11) is 0. The van der Waals surface area contributed by atoms with Gasteiger partial charge in [-0.1, -0.05) is 27.5 Å². The third-order valence-electron chi connectivity index (χ3n) is 4.30. The number of anilines is 1. The molecule has 0 radical (unpaired) electrons. The van der Waals surface area contributed by atoms with E-state index in [1.165, 1.54) is 0 Å². The highest BCUT2D eigenvalue weighted by molar-refractivity contribution is 9.10. The lowest BCUT2D eigenvalue weighted by atomic mass is 10.1. The SMILES string of the molecule is Clc1cc(Br)cc2ccc(N3CCC(n4cncn4)CC3)nc12. The number of aromatic nitrogens is 4. The Labute approximate surface area is 147 Å². The fourth-order valence-corrected chi connectivity index (χ4v) is 3.96. The van der Waals surface area contributed by atoms with Crippen LogP contribution in [-0.4, -0.2) is 32.8 Å². The molecular formula is C16H15BrClN5. The molecule has 0 atom stereocenters. The Hall–Kier alpha value is -1.66. The number of fused-ring (bicyclic) bond motifs is 1. The lowest BCUT2D eigenvalue weighted by Crippen LogP contribution is -2.35. The summed E-state index contributed by atoms with van der Waals surface area (Å²) in [5.41, 5.74) is 0.853. The number of nitrogens with zero attached hydrogens (tertiary/aromatic N) is 5. The van der Waals surface area contributed by atoms with Gasteiger partial charge in [-0.2, -0.15) is 5.10 Å². The minimum absolute atomic E-state index is 0.425. The summed E-state index contributed by atoms with van der Waals surface area (Å²) >= 11 is 9.80. The van der Waals surface area contributed by atoms with Crippen LogP contribution >= 0.6 is 27.5 Å². The van der Waals surface area contributed by atoms with E-state index in [0.29, 0.717) is 11.1 Å². The zero-order valence-corrected chi connectivity index (χ0v) is 14.7. The Morgan fingerprint density at radius 2 is 2.00 bits per heavy atom. The Bertz CT molecular complexity index is 828. The summed E-state index contributed by atoms with van der Waals surface area (Å²) in [6.07, 6.45) is 5.47. The summed E-state index contributed by atoms with van der Waals surface area (Å²) in [5.74, 6) is 0.985. The normalized spacial score (nSPS) is 16.2. The Morgan fingerprint density at radius 3 is 2.74 bits per heavy atom. The van der Waals surface area contributed by atoms with Gasteiger partial charge >= 0.3 is 0 Å². The number of halogens is 2. The minimum Gasteiger partial charge on any atom is -0.356 e. The van der Waals surface area contributed by atoms with Gasteiger partial charge in [0.25, 0.3) is 0 Å². The number of piperidine rings is 1. The molecule has 1 saturated heterocycles. The minimum atomic E-state index is 0.425. The second-order valence-electron chi connectivity index (χ2n) is 5.72. The molecule has 0 saturated carbocycles. The lowest BCUT2D eigenvalue weighted by Gasteiger charge is -2.32. The molecule has 0 spiro atoms. The molecule has 5 nitrogen and oxygen atoms in total. The molecule has 1 aliphatic rings. The van der Waals surface area contributed by atoms with Gasteiger partial charge in [0, 0.05) is 22.9 Å². The molecule has 4 rings (SSSR count). The third kappa shape index (κ3) is 2.93. The highest BCUT2D eigenvalue weighted by Crippen LogP contribution is 2.30. The van der Waals surface area contributed by atoms with Crippen LogP contribution in [0.2, 0.25) is 5.02 Å². The average Bonchev–Trinajstić information content (AvgIpc) is 3.09. The number of hydrogen-bond acceptors (Lipinski definition) is 4. The van der Waals surface area contributed by atoms with Gasteiger partial charge in [0.15, 0.2) is 0 Å². The van der Waals surface area contributed by atoms with Crippen LogP contribution in [-0.2, 0) is 0 Å². The van der Waals surface area contributed by atoms with Crippen molar-refractivity contribution in [3.05, 3.63) is 46.4 Å². The van der Waals surface area contributed by atoms with Crippen molar-refractivity contribution in [2.24, 2.45) is 0 Å². The first-order chi connectivity index (χ1) is 11.2. The van der Waals surface area contributed by atoms with Crippen molar-refractivity contribution in [1.29, 1.82) is 0 Å². The van der Waals surface area contributed by atoms with Crippen LogP contribution in [0, 0.1) is 0 Å². The average molecular weight is 393 g/mol. The van der Waals surface area contributed by atoms with Gasteiger partial charge in [-0.15, -0.1) is 0 Å². The van der Waals surface area contributed by atoms with Gasteiger partial charge in [0.2, 0.25) is 0 Å². The number of hydrogen-bond donors (Lipinski definition) is 0. The maximum Gasteiger partial charge on any atom is 0.137 e. The molecular weight excluding hydrogens is 378 g/mol. The first-order valence-electron chi connectivity index (χ1n) is 7.55. The summed E-state index contributed by atoms with van der Waals surface area (Å²) in [4.78, 5) is 11.1. The van der Waals surface area contributed by atoms with E-state index in [0.717, 1.165) is 47.1 Å². The van der Waals surface area contributed by atoms with Gasteiger partial charge in [-0.3, -0.25) is 0 Å². The maximum atomic E-state index is 6.33. The highest BCUT2D eigenvalue weighted by atomic mass is 79.9. The molecule has 0 aliphatic carbocycles. The van der Waals surface area contributed by atoms with Crippen molar-refractivity contribution < 1.29 is 0 Å². The molecule has 1 aromatic carbocycles. The summed E-state index contributed by atoms with van der Waals surface area (Å²) in [5, 5.41) is 5.97. The molecule has 0 N–H and O–H groups in total. The fraction of sp³-hybridized carbons (Fsp3) is 0.312. The van der Waals surface area contributed by atoms with Crippen molar-refractivity contribution in [1.82, 2.24) is 19.7 Å². The van der Waals surface area contributed by atoms with E-state index >= 15 is 0 Å². The zero-order valence-electron chi connectivity index (χ0n) is 12.4. The molecule has 3 heterocycles. The van der Waals surface area contributed by atoms with Crippen LogP contribution in [0.1, 0.15) is 18.9 Å². The second kappa shape index (κ2) is 6.09. The van der Waals surface area contributed by atoms with Crippen LogP contribution in [0.15, 0.2) is 41.4 Å². The van der Waals surface area contributed by atoms with Crippen molar-refractivity contribution in [3.8, 4) is 0 Å². The summed E-state index contributed by atoms with van der Waals surface area (Å²) in [6.45, 7) is 1.91. The van der Waals surface area contributed by atoms with Gasteiger partial charge in [-0.05, 0) is 37.1 Å². The molecule has 118 valence electrons. The van der Waals surface area contributed by atoms with E-state index in [-0.39, 0.29) is 0 Å². The van der Waals surface area contributed by atoms with Crippen LogP contribution in [0.5, 0.6) is 0 Å². The predicted molar refractivity (Wildman–Crippen MR) is 95.0 cm³/mol. The first kappa shape index (κ1) is 14.9. The Balaban J connectivity index is 1.56. The summed E-state index contributed by atoms with van der Waals surface area (Å²) in [6, 6.07) is 8.50. The largest absolute Gasteiger partial charge is 0.356 e. The monoisotopic (exact) mass is 391 g/mol. The van der Waals surface area contributed by atoms with Crippen LogP contribution in [0.25, 0.3) is 10.9 Å². The van der Waals surface area contributed by atoms with Crippen LogP contribution in [0.4, 0.5) is 5.82 Å². The van der Waals surface area contributed by atoms with Gasteiger partial charge in [-0.25, -0.2) is 14.6 Å². The van der Waals surface area contributed by atoms with E-state index in [1.807, 2.05) is 16.8 Å². The van der Waals surface area contributed by atoms with E-state index < -0.39 is 0 Å². The van der Waals surface area contributed by atoms with Gasteiger partial charge in [0.1, 0.15) is 18.5 Å². The van der Waals surface area contributed by atoms with E-state index in [2.05, 4.69) is 43.0 Å². The third-order valence-corrected chi connectivity index (χ3v) is 5.04. The van der Waals surface area contributed by atoms with Crippen molar-refractivity contribution in [2.45, 2.75) is 18.9 Å². The number of pyridine rings is 1. The maximum absolute atomic E-state index is 6.33. The van der Waals surface area contributed by atoms with Crippen molar-refractivity contribution >= 4 is 44.3 Å². The molecule has 3 aromatic rings. The molecule has 0 amide bonds. The smallest absolute Gasteiger partial charge is 0.137 e. The molecule has 0 bridgehead atoms. The molecule has 0 unspecified atom stereocenters. The Morgan fingerprint density at radius 1 is 1.17 bits per heavy atom. The molecule has 23 heavy (non-hydrogen) atoms. The van der Waals surface area contributed by atoms with Gasteiger partial charge in [0.05, 0.1) is 16.6 Å². The number of rotatable bonds is 2. The van der Waals surface area contributed by atoms with E-state index in [4.69, 9.17) is 16.6 Å². The molecule has 1 fully saturated rings. The highest BCUT2D eigenvalue weighted by Gasteiger charge is 2.22. The topological polar surface area (TPSA) is 46.8 Å². The molecule has 1 aliphatic heterocycles. The second-order valence-corrected chi connectivity index (χ2v) is 7.05. The predicted octanol–water partition coefficient (Wildman–Crippen LogP) is 4.08. The van der Waals surface area contributed by atoms with E-state index in [9.17, 15) is 0 Å². The lowest BCUT2D eigenvalue weighted by molar-refractivity contribution is 0.365. The molecule has 7 heteroatoms. The first-order valence-corrected chi connectivity index (χ1v) is 8.73. The zero-order chi connectivity index (χ0) is 15.8. The van der Waals surface area contributed by atoms with E-state index in [1.54, 1.807) is 12.7 Å². The number of benzene rings is 1. The van der Waals surface area contributed by atoms with Crippen LogP contribution in [0.3, 0.4) is 0 Å². The standard InChI is InChI=1S/C16H15BrClN5/c17-12-7-11-1-2-15(21-16(11)14(18)8-12)22-5-3-13(4-6-22)23-10-19-9-20-23/h1-2,7-10,13H,3-6H2. The fourth-order valence-electron chi connectivity index (χ4n) is 3.09. The quantitative estimate of drug-likeness (QED) is 0.659. The summed E-state index contributed by atoms with van der Waals surface area (Å²) < 4.78 is 2.93. The van der Waals surface area contributed by atoms with Gasteiger partial charge < -0.3 is 4.90 Å². The van der Waals surface area contributed by atoms with Crippen LogP contribution < -0.4 is 4.90 Å². The molecule has 2 aromatic heterocycles. The van der Waals surface area contributed by atoms with Crippen molar-refractivity contribution in [2.75, 3.05) is 18.0 Å².